The Hall–Kier alpha value is -0.780. The van der Waals surface area contributed by atoms with Gasteiger partial charge in [-0.3, -0.25) is 0 Å². The quantitative estimate of drug-likeness (QED) is 0.544. The van der Waals surface area contributed by atoms with Crippen LogP contribution >= 0.6 is 10.7 Å². The largest absolute Gasteiger partial charge is 0.491 e. The van der Waals surface area contributed by atoms with Gasteiger partial charge in [0.1, 0.15) is 12.4 Å². The molecule has 1 rings (SSSR count). The molecular formula is C14H21ClO4S. The number of hydrogen-bond donors (Lipinski definition) is 0. The molecule has 114 valence electrons. The number of halogens is 1. The topological polar surface area (TPSA) is 52.6 Å². The lowest BCUT2D eigenvalue weighted by molar-refractivity contribution is 0.0925. The molecule has 20 heavy (non-hydrogen) atoms. The van der Waals surface area contributed by atoms with E-state index in [0.29, 0.717) is 30.4 Å². The van der Waals surface area contributed by atoms with E-state index in [9.17, 15) is 8.42 Å². The number of ether oxygens (including phenoxy) is 2. The van der Waals surface area contributed by atoms with Crippen LogP contribution in [-0.2, 0) is 13.8 Å². The highest BCUT2D eigenvalue weighted by Crippen LogP contribution is 2.23. The molecule has 0 N–H and O–H groups in total. The van der Waals surface area contributed by atoms with Gasteiger partial charge in [-0.2, -0.15) is 0 Å². The number of hydrogen-bond acceptors (Lipinski definition) is 4. The molecule has 0 radical (unpaired) electrons. The van der Waals surface area contributed by atoms with E-state index >= 15 is 0 Å². The van der Waals surface area contributed by atoms with Crippen LogP contribution in [0.3, 0.4) is 0 Å². The van der Waals surface area contributed by atoms with Crippen molar-refractivity contribution >= 4 is 19.7 Å². The van der Waals surface area contributed by atoms with Gasteiger partial charge in [-0.1, -0.05) is 13.8 Å². The minimum absolute atomic E-state index is 0.111. The van der Waals surface area contributed by atoms with Crippen LogP contribution in [0.4, 0.5) is 0 Å². The van der Waals surface area contributed by atoms with Crippen LogP contribution < -0.4 is 4.74 Å². The summed E-state index contributed by atoms with van der Waals surface area (Å²) in [4.78, 5) is 0.111. The fourth-order valence-corrected chi connectivity index (χ4v) is 2.82. The summed E-state index contributed by atoms with van der Waals surface area (Å²) in [5.74, 6) is 1.24. The van der Waals surface area contributed by atoms with Crippen LogP contribution in [0.1, 0.15) is 25.8 Å². The molecule has 1 aromatic carbocycles. The molecule has 6 heteroatoms. The van der Waals surface area contributed by atoms with Crippen molar-refractivity contribution in [3.63, 3.8) is 0 Å². The first-order valence-corrected chi connectivity index (χ1v) is 8.87. The molecule has 0 aromatic heterocycles. The van der Waals surface area contributed by atoms with Gasteiger partial charge in [-0.05, 0) is 43.0 Å². The first kappa shape index (κ1) is 17.3. The summed E-state index contributed by atoms with van der Waals surface area (Å²) in [6.07, 6.45) is 1.03. The third-order valence-electron chi connectivity index (χ3n) is 2.75. The lowest BCUT2D eigenvalue weighted by Crippen LogP contribution is -2.09. The Morgan fingerprint density at radius 1 is 1.20 bits per heavy atom. The molecule has 0 bridgehead atoms. The van der Waals surface area contributed by atoms with Crippen LogP contribution in [0.5, 0.6) is 5.75 Å². The lowest BCUT2D eigenvalue weighted by atomic mass is 10.1. The zero-order valence-electron chi connectivity index (χ0n) is 12.1. The van der Waals surface area contributed by atoms with Gasteiger partial charge in [-0.25, -0.2) is 8.42 Å². The van der Waals surface area contributed by atoms with Gasteiger partial charge >= 0.3 is 0 Å². The highest BCUT2D eigenvalue weighted by atomic mass is 35.7. The molecule has 0 unspecified atom stereocenters. The number of rotatable bonds is 8. The van der Waals surface area contributed by atoms with Gasteiger partial charge < -0.3 is 9.47 Å². The maximum absolute atomic E-state index is 11.3. The first-order valence-electron chi connectivity index (χ1n) is 6.56. The summed E-state index contributed by atoms with van der Waals surface area (Å²) in [5, 5.41) is 0. The van der Waals surface area contributed by atoms with E-state index in [1.165, 1.54) is 6.07 Å². The summed E-state index contributed by atoms with van der Waals surface area (Å²) in [5.41, 5.74) is 0.568. The Bertz CT molecular complexity index is 526. The highest BCUT2D eigenvalue weighted by Gasteiger charge is 2.13. The molecule has 0 aliphatic rings. The maximum Gasteiger partial charge on any atom is 0.261 e. The first-order chi connectivity index (χ1) is 9.30. The molecule has 0 aliphatic carbocycles. The van der Waals surface area contributed by atoms with Crippen molar-refractivity contribution in [3.8, 4) is 5.75 Å². The van der Waals surface area contributed by atoms with Gasteiger partial charge in [-0.15, -0.1) is 0 Å². The van der Waals surface area contributed by atoms with Crippen molar-refractivity contribution in [1.82, 2.24) is 0 Å². The molecule has 0 fully saturated rings. The Morgan fingerprint density at radius 2 is 1.90 bits per heavy atom. The molecular weight excluding hydrogens is 300 g/mol. The van der Waals surface area contributed by atoms with Crippen molar-refractivity contribution in [1.29, 1.82) is 0 Å². The van der Waals surface area contributed by atoms with E-state index in [2.05, 4.69) is 13.8 Å². The average molecular weight is 321 g/mol. The van der Waals surface area contributed by atoms with Gasteiger partial charge in [0, 0.05) is 17.3 Å². The Morgan fingerprint density at radius 3 is 2.45 bits per heavy atom. The van der Waals surface area contributed by atoms with E-state index in [0.717, 1.165) is 13.0 Å². The third-order valence-corrected chi connectivity index (χ3v) is 4.23. The summed E-state index contributed by atoms with van der Waals surface area (Å²) < 4.78 is 33.4. The van der Waals surface area contributed by atoms with Gasteiger partial charge in [0.2, 0.25) is 0 Å². The predicted octanol–water partition coefficient (Wildman–Crippen LogP) is 3.36. The van der Waals surface area contributed by atoms with E-state index in [-0.39, 0.29) is 4.90 Å². The molecule has 0 amide bonds. The molecule has 0 aliphatic heterocycles. The highest BCUT2D eigenvalue weighted by molar-refractivity contribution is 8.13. The summed E-state index contributed by atoms with van der Waals surface area (Å²) in [6, 6.07) is 4.70. The molecule has 4 nitrogen and oxygen atoms in total. The Balaban J connectivity index is 2.41. The average Bonchev–Trinajstić information content (AvgIpc) is 2.31. The third kappa shape index (κ3) is 6.11. The van der Waals surface area contributed by atoms with Crippen LogP contribution in [0.2, 0.25) is 0 Å². The van der Waals surface area contributed by atoms with Gasteiger partial charge in [0.25, 0.3) is 9.05 Å². The summed E-state index contributed by atoms with van der Waals surface area (Å²) >= 11 is 0. The monoisotopic (exact) mass is 320 g/mol. The van der Waals surface area contributed by atoms with E-state index in [4.69, 9.17) is 20.2 Å². The summed E-state index contributed by atoms with van der Waals surface area (Å²) in [7, 11) is 1.62. The number of aryl methyl sites for hydroxylation is 1. The van der Waals surface area contributed by atoms with E-state index in [1.807, 2.05) is 0 Å². The normalized spacial score (nSPS) is 11.8. The van der Waals surface area contributed by atoms with Gasteiger partial charge in [0.05, 0.1) is 11.5 Å². The van der Waals surface area contributed by atoms with E-state index in [1.54, 1.807) is 19.1 Å². The van der Waals surface area contributed by atoms with Crippen LogP contribution in [0, 0.1) is 12.8 Å². The molecule has 1 aromatic rings. The van der Waals surface area contributed by atoms with Crippen molar-refractivity contribution in [3.05, 3.63) is 23.8 Å². The second kappa shape index (κ2) is 7.86. The zero-order valence-corrected chi connectivity index (χ0v) is 13.6. The van der Waals surface area contributed by atoms with Crippen LogP contribution in [0.25, 0.3) is 0 Å². The minimum Gasteiger partial charge on any atom is -0.491 e. The van der Waals surface area contributed by atoms with Crippen molar-refractivity contribution < 1.29 is 17.9 Å². The molecule has 0 saturated heterocycles. The second-order valence-corrected chi connectivity index (χ2v) is 7.54. The second-order valence-electron chi connectivity index (χ2n) is 5.01. The van der Waals surface area contributed by atoms with E-state index < -0.39 is 9.05 Å². The molecule has 0 spiro atoms. The molecule has 0 saturated carbocycles. The van der Waals surface area contributed by atoms with Crippen LogP contribution in [0.15, 0.2) is 23.1 Å². The van der Waals surface area contributed by atoms with Crippen LogP contribution in [-0.4, -0.2) is 28.2 Å². The smallest absolute Gasteiger partial charge is 0.261 e. The van der Waals surface area contributed by atoms with Crippen molar-refractivity contribution in [2.45, 2.75) is 32.1 Å². The SMILES string of the molecule is Cc1cc(OCCOCCC(C)C)ccc1S(=O)(=O)Cl. The molecule has 0 atom stereocenters. The Labute approximate surface area is 125 Å². The Kier molecular flexibility index (Phi) is 6.79. The van der Waals surface area contributed by atoms with Crippen molar-refractivity contribution in [2.75, 3.05) is 19.8 Å². The molecule has 0 heterocycles. The fourth-order valence-electron chi connectivity index (χ4n) is 1.62. The standard InChI is InChI=1S/C14H21ClO4S/c1-11(2)6-7-18-8-9-19-13-4-5-14(12(3)10-13)20(15,16)17/h4-5,10-11H,6-9H2,1-3H3. The number of benzene rings is 1. The predicted molar refractivity (Wildman–Crippen MR) is 80.0 cm³/mol. The zero-order chi connectivity index (χ0) is 15.2. The van der Waals surface area contributed by atoms with Crippen molar-refractivity contribution in [2.24, 2.45) is 5.92 Å². The van der Waals surface area contributed by atoms with Gasteiger partial charge in [0.15, 0.2) is 0 Å². The minimum atomic E-state index is -3.70. The summed E-state index contributed by atoms with van der Waals surface area (Å²) in [6.45, 7) is 7.65. The maximum atomic E-state index is 11.3. The lowest BCUT2D eigenvalue weighted by Gasteiger charge is -2.10. The fraction of sp³-hybridized carbons (Fsp3) is 0.571.